The van der Waals surface area contributed by atoms with Gasteiger partial charge in [-0.1, -0.05) is 74.3 Å². The molecule has 0 fully saturated rings. The average molecular weight is 297 g/mol. The van der Waals surface area contributed by atoms with Gasteiger partial charge in [0.25, 0.3) is 0 Å². The van der Waals surface area contributed by atoms with Crippen molar-refractivity contribution in [1.29, 1.82) is 0 Å². The topological polar surface area (TPSA) is 0 Å². The number of aryl methyl sites for hydroxylation is 2. The maximum atomic E-state index is 5.72. The van der Waals surface area contributed by atoms with Gasteiger partial charge < -0.3 is 0 Å². The first-order valence-electron chi connectivity index (χ1n) is 6.59. The Labute approximate surface area is 127 Å². The van der Waals surface area contributed by atoms with E-state index in [2.05, 4.69) is 13.0 Å². The molecule has 104 valence electrons. The van der Waals surface area contributed by atoms with Crippen LogP contribution in [0.2, 0.25) is 10.0 Å². The SMILES string of the molecule is CC.CCc1cccc(Cl)c1.Cc1ccccc1Cl. The summed E-state index contributed by atoms with van der Waals surface area (Å²) < 4.78 is 0. The van der Waals surface area contributed by atoms with Crippen molar-refractivity contribution in [1.82, 2.24) is 0 Å². The van der Waals surface area contributed by atoms with E-state index in [-0.39, 0.29) is 0 Å². The number of halogens is 2. The summed E-state index contributed by atoms with van der Waals surface area (Å²) in [6.45, 7) is 8.11. The molecule has 0 aliphatic heterocycles. The Bertz CT molecular complexity index is 443. The molecule has 0 aliphatic rings. The van der Waals surface area contributed by atoms with Gasteiger partial charge >= 0.3 is 0 Å². The van der Waals surface area contributed by atoms with E-state index in [1.165, 1.54) is 5.56 Å². The van der Waals surface area contributed by atoms with Crippen LogP contribution in [0.5, 0.6) is 0 Å². The van der Waals surface area contributed by atoms with Crippen molar-refractivity contribution in [3.63, 3.8) is 0 Å². The second-order valence-electron chi connectivity index (χ2n) is 3.73. The third-order valence-corrected chi connectivity index (χ3v) is 3.03. The first-order valence-corrected chi connectivity index (χ1v) is 7.34. The van der Waals surface area contributed by atoms with Gasteiger partial charge in [0.2, 0.25) is 0 Å². The van der Waals surface area contributed by atoms with Gasteiger partial charge in [-0.3, -0.25) is 0 Å². The highest BCUT2D eigenvalue weighted by atomic mass is 35.5. The Morgan fingerprint density at radius 3 is 1.89 bits per heavy atom. The molecule has 0 atom stereocenters. The molecule has 0 aliphatic carbocycles. The maximum absolute atomic E-state index is 5.72. The highest BCUT2D eigenvalue weighted by Gasteiger charge is 1.87. The van der Waals surface area contributed by atoms with E-state index in [1.807, 2.05) is 63.2 Å². The van der Waals surface area contributed by atoms with Crippen LogP contribution in [-0.4, -0.2) is 0 Å². The predicted molar refractivity (Wildman–Crippen MR) is 88.4 cm³/mol. The Balaban J connectivity index is 0.000000303. The highest BCUT2D eigenvalue weighted by molar-refractivity contribution is 6.31. The van der Waals surface area contributed by atoms with Gasteiger partial charge in [-0.15, -0.1) is 0 Å². The molecular weight excluding hydrogens is 275 g/mol. The van der Waals surface area contributed by atoms with E-state index < -0.39 is 0 Å². The summed E-state index contributed by atoms with van der Waals surface area (Å²) in [5.41, 5.74) is 2.43. The minimum absolute atomic E-state index is 0.828. The average Bonchev–Trinajstić information content (AvgIpc) is 2.45. The molecule has 0 bridgehead atoms. The third kappa shape index (κ3) is 7.92. The predicted octanol–water partition coefficient (Wildman–Crippen LogP) is 6.58. The number of hydrogen-bond donors (Lipinski definition) is 0. The normalized spacial score (nSPS) is 8.74. The Morgan fingerprint density at radius 1 is 0.895 bits per heavy atom. The molecular formula is C17H22Cl2. The van der Waals surface area contributed by atoms with E-state index in [1.54, 1.807) is 0 Å². The van der Waals surface area contributed by atoms with Crippen LogP contribution in [0.15, 0.2) is 48.5 Å². The van der Waals surface area contributed by atoms with Crippen LogP contribution in [0.1, 0.15) is 31.9 Å². The van der Waals surface area contributed by atoms with Crippen LogP contribution < -0.4 is 0 Å². The largest absolute Gasteiger partial charge is 0.0843 e. The number of hydrogen-bond acceptors (Lipinski definition) is 0. The van der Waals surface area contributed by atoms with Crippen LogP contribution in [0.25, 0.3) is 0 Å². The summed E-state index contributed by atoms with van der Waals surface area (Å²) in [5.74, 6) is 0. The van der Waals surface area contributed by atoms with Crippen molar-refractivity contribution in [2.45, 2.75) is 34.1 Å². The van der Waals surface area contributed by atoms with Crippen LogP contribution >= 0.6 is 23.2 Å². The van der Waals surface area contributed by atoms with Crippen molar-refractivity contribution < 1.29 is 0 Å². The zero-order valence-electron chi connectivity index (χ0n) is 12.1. The highest BCUT2D eigenvalue weighted by Crippen LogP contribution is 2.12. The lowest BCUT2D eigenvalue weighted by Crippen LogP contribution is -1.76. The van der Waals surface area contributed by atoms with Gasteiger partial charge in [-0.05, 0) is 42.7 Å². The molecule has 2 rings (SSSR count). The maximum Gasteiger partial charge on any atom is 0.0435 e. The third-order valence-electron chi connectivity index (χ3n) is 2.37. The molecule has 19 heavy (non-hydrogen) atoms. The molecule has 0 unspecified atom stereocenters. The van der Waals surface area contributed by atoms with Gasteiger partial charge in [0.1, 0.15) is 0 Å². The molecule has 0 heterocycles. The van der Waals surface area contributed by atoms with Crippen molar-refractivity contribution in [3.8, 4) is 0 Å². The zero-order chi connectivity index (χ0) is 14.7. The Hall–Kier alpha value is -0.980. The zero-order valence-corrected chi connectivity index (χ0v) is 13.6. The monoisotopic (exact) mass is 296 g/mol. The molecule has 0 amide bonds. The molecule has 0 N–H and O–H groups in total. The van der Waals surface area contributed by atoms with Gasteiger partial charge in [0, 0.05) is 10.0 Å². The summed E-state index contributed by atoms with van der Waals surface area (Å²) >= 11 is 11.4. The molecule has 0 aromatic heterocycles. The van der Waals surface area contributed by atoms with E-state index in [4.69, 9.17) is 23.2 Å². The minimum Gasteiger partial charge on any atom is -0.0843 e. The second kappa shape index (κ2) is 10.9. The first-order chi connectivity index (χ1) is 9.13. The summed E-state index contributed by atoms with van der Waals surface area (Å²) in [6, 6.07) is 15.7. The van der Waals surface area contributed by atoms with Gasteiger partial charge in [-0.2, -0.15) is 0 Å². The molecule has 2 heteroatoms. The summed E-state index contributed by atoms with van der Waals surface area (Å²) in [5, 5.41) is 1.67. The molecule has 2 aromatic carbocycles. The van der Waals surface area contributed by atoms with Gasteiger partial charge in [-0.25, -0.2) is 0 Å². The lowest BCUT2D eigenvalue weighted by atomic mass is 10.2. The van der Waals surface area contributed by atoms with Crippen LogP contribution in [0, 0.1) is 6.92 Å². The van der Waals surface area contributed by atoms with E-state index >= 15 is 0 Å². The lowest BCUT2D eigenvalue weighted by Gasteiger charge is -1.93. The van der Waals surface area contributed by atoms with Gasteiger partial charge in [0.05, 0.1) is 0 Å². The minimum atomic E-state index is 0.828. The van der Waals surface area contributed by atoms with E-state index in [0.29, 0.717) is 0 Å². The van der Waals surface area contributed by atoms with Crippen LogP contribution in [0.3, 0.4) is 0 Å². The number of benzene rings is 2. The van der Waals surface area contributed by atoms with Gasteiger partial charge in [0.15, 0.2) is 0 Å². The Morgan fingerprint density at radius 2 is 1.53 bits per heavy atom. The standard InChI is InChI=1S/C8H9Cl.C7H7Cl.C2H6/c1-2-7-4-3-5-8(9)6-7;1-6-4-2-3-5-7(6)8;1-2/h3-6H,2H2,1H3;2-5H,1H3;1-2H3. The smallest absolute Gasteiger partial charge is 0.0435 e. The fraction of sp³-hybridized carbons (Fsp3) is 0.294. The summed E-state index contributed by atoms with van der Waals surface area (Å²) in [4.78, 5) is 0. The first kappa shape index (κ1) is 18.0. The van der Waals surface area contributed by atoms with Crippen LogP contribution in [-0.2, 0) is 6.42 Å². The Kier molecular flexibility index (Phi) is 10.3. The van der Waals surface area contributed by atoms with E-state index in [0.717, 1.165) is 22.0 Å². The quantitative estimate of drug-likeness (QED) is 0.558. The second-order valence-corrected chi connectivity index (χ2v) is 4.58. The molecule has 2 aromatic rings. The molecule has 0 saturated heterocycles. The fourth-order valence-electron chi connectivity index (χ4n) is 1.31. The molecule has 0 saturated carbocycles. The van der Waals surface area contributed by atoms with E-state index in [9.17, 15) is 0 Å². The lowest BCUT2D eigenvalue weighted by molar-refractivity contribution is 1.14. The fourth-order valence-corrected chi connectivity index (χ4v) is 1.66. The molecule has 0 spiro atoms. The van der Waals surface area contributed by atoms with Crippen molar-refractivity contribution >= 4 is 23.2 Å². The molecule has 0 nitrogen and oxygen atoms in total. The summed E-state index contributed by atoms with van der Waals surface area (Å²) in [6.07, 6.45) is 1.06. The summed E-state index contributed by atoms with van der Waals surface area (Å²) in [7, 11) is 0. The van der Waals surface area contributed by atoms with Crippen molar-refractivity contribution in [2.24, 2.45) is 0 Å². The van der Waals surface area contributed by atoms with Crippen molar-refractivity contribution in [3.05, 3.63) is 69.7 Å². The van der Waals surface area contributed by atoms with Crippen LogP contribution in [0.4, 0.5) is 0 Å². The molecule has 0 radical (unpaired) electrons. The number of rotatable bonds is 1. The van der Waals surface area contributed by atoms with Crippen molar-refractivity contribution in [2.75, 3.05) is 0 Å².